The van der Waals surface area contributed by atoms with E-state index in [0.717, 1.165) is 0 Å². The molecule has 0 bridgehead atoms. The van der Waals surface area contributed by atoms with Gasteiger partial charge in [0, 0.05) is 22.2 Å². The highest BCUT2D eigenvalue weighted by Crippen LogP contribution is 2.40. The molecule has 1 aliphatic carbocycles. The molecule has 0 amide bonds. The highest BCUT2D eigenvalue weighted by Gasteiger charge is 2.32. The van der Waals surface area contributed by atoms with E-state index in [0.29, 0.717) is 10.8 Å². The lowest BCUT2D eigenvalue weighted by molar-refractivity contribution is 0.359. The molecule has 1 aromatic carbocycles. The zero-order chi connectivity index (χ0) is 13.8. The third-order valence-electron chi connectivity index (χ3n) is 4.83. The van der Waals surface area contributed by atoms with Crippen molar-refractivity contribution in [1.29, 1.82) is 0 Å². The second kappa shape index (κ2) is 6.76. The van der Waals surface area contributed by atoms with E-state index in [9.17, 15) is 0 Å². The predicted octanol–water partition coefficient (Wildman–Crippen LogP) is 4.88. The molecule has 1 nitrogen and oxygen atoms in total. The molecule has 1 N–H and O–H groups in total. The van der Waals surface area contributed by atoms with Crippen LogP contribution in [0.1, 0.15) is 50.1 Å². The molecule has 1 atom stereocenters. The van der Waals surface area contributed by atoms with Crippen LogP contribution in [-0.4, -0.2) is 23.3 Å². The average molecular weight is 308 g/mol. The number of hydrogen-bond acceptors (Lipinski definition) is 3. The number of hydrogen-bond donors (Lipinski definition) is 1. The van der Waals surface area contributed by atoms with Gasteiger partial charge in [-0.1, -0.05) is 37.5 Å². The fourth-order valence-electron chi connectivity index (χ4n) is 3.51. The molecule has 1 unspecified atom stereocenters. The first-order chi connectivity index (χ1) is 9.83. The number of rotatable bonds is 4. The van der Waals surface area contributed by atoms with Crippen LogP contribution in [-0.2, 0) is 0 Å². The maximum absolute atomic E-state index is 3.91. The topological polar surface area (TPSA) is 12.0 Å². The molecule has 0 radical (unpaired) electrons. The summed E-state index contributed by atoms with van der Waals surface area (Å²) in [6.07, 6.45) is 10.6. The predicted molar refractivity (Wildman–Crippen MR) is 91.9 cm³/mol. The molecule has 1 aromatic rings. The maximum atomic E-state index is 3.91. The zero-order valence-corrected chi connectivity index (χ0v) is 14.0. The Hall–Kier alpha value is -0.120. The molecule has 3 heteroatoms. The van der Waals surface area contributed by atoms with Crippen LogP contribution in [0.2, 0.25) is 0 Å². The van der Waals surface area contributed by atoms with Crippen LogP contribution in [0.15, 0.2) is 29.2 Å². The Morgan fingerprint density at radius 2 is 2.05 bits per heavy atom. The average Bonchev–Trinajstić information content (AvgIpc) is 2.54. The number of benzene rings is 1. The summed E-state index contributed by atoms with van der Waals surface area (Å²) in [4.78, 5) is 1.48. The standard InChI is InChI=1S/C17H25NS2/c1-19-17(10-5-2-6-11-17)13-18-15-9-12-20-16-8-4-3-7-14(15)16/h3-4,7-8,15,18H,2,5-6,9-13H2,1H3. The van der Waals surface area contributed by atoms with Crippen molar-refractivity contribution in [2.24, 2.45) is 0 Å². The lowest BCUT2D eigenvalue weighted by Gasteiger charge is -2.38. The van der Waals surface area contributed by atoms with Gasteiger partial charge >= 0.3 is 0 Å². The molecule has 3 rings (SSSR count). The molecule has 0 aromatic heterocycles. The normalized spacial score (nSPS) is 25.1. The van der Waals surface area contributed by atoms with Gasteiger partial charge in [-0.25, -0.2) is 0 Å². The second-order valence-electron chi connectivity index (χ2n) is 6.06. The Bertz CT molecular complexity index is 440. The summed E-state index contributed by atoms with van der Waals surface area (Å²) in [7, 11) is 0. The SMILES string of the molecule is CSC1(CNC2CCSc3ccccc32)CCCCC1. The van der Waals surface area contributed by atoms with Crippen molar-refractivity contribution in [3.63, 3.8) is 0 Å². The smallest absolute Gasteiger partial charge is 0.0339 e. The summed E-state index contributed by atoms with van der Waals surface area (Å²) in [5.41, 5.74) is 1.52. The van der Waals surface area contributed by atoms with E-state index in [1.165, 1.54) is 61.3 Å². The van der Waals surface area contributed by atoms with Gasteiger partial charge in [0.2, 0.25) is 0 Å². The number of thioether (sulfide) groups is 2. The van der Waals surface area contributed by atoms with E-state index in [2.05, 4.69) is 47.6 Å². The summed E-state index contributed by atoms with van der Waals surface area (Å²) in [5.74, 6) is 1.25. The molecule has 2 aliphatic rings. The van der Waals surface area contributed by atoms with Gasteiger partial charge in [-0.15, -0.1) is 11.8 Å². The lowest BCUT2D eigenvalue weighted by Crippen LogP contribution is -2.41. The highest BCUT2D eigenvalue weighted by molar-refractivity contribution is 8.00. The van der Waals surface area contributed by atoms with E-state index >= 15 is 0 Å². The monoisotopic (exact) mass is 307 g/mol. The molecule has 1 heterocycles. The minimum Gasteiger partial charge on any atom is -0.308 e. The largest absolute Gasteiger partial charge is 0.308 e. The zero-order valence-electron chi connectivity index (χ0n) is 12.4. The van der Waals surface area contributed by atoms with Gasteiger partial charge in [-0.05, 0) is 42.9 Å². The summed E-state index contributed by atoms with van der Waals surface area (Å²) >= 11 is 4.11. The maximum Gasteiger partial charge on any atom is 0.0339 e. The fourth-order valence-corrected chi connectivity index (χ4v) is 5.56. The summed E-state index contributed by atoms with van der Waals surface area (Å²) in [6, 6.07) is 9.51. The third-order valence-corrected chi connectivity index (χ3v) is 7.37. The summed E-state index contributed by atoms with van der Waals surface area (Å²) in [5, 5.41) is 3.91. The molecular weight excluding hydrogens is 282 g/mol. The first-order valence-corrected chi connectivity index (χ1v) is 10.0. The van der Waals surface area contributed by atoms with Crippen LogP contribution in [0.3, 0.4) is 0 Å². The van der Waals surface area contributed by atoms with Crippen molar-refractivity contribution in [3.8, 4) is 0 Å². The van der Waals surface area contributed by atoms with Gasteiger partial charge in [0.25, 0.3) is 0 Å². The Balaban J connectivity index is 1.66. The third kappa shape index (κ3) is 3.20. The van der Waals surface area contributed by atoms with Crippen LogP contribution in [0.4, 0.5) is 0 Å². The lowest BCUT2D eigenvalue weighted by atomic mass is 9.87. The summed E-state index contributed by atoms with van der Waals surface area (Å²) < 4.78 is 0.498. The minimum absolute atomic E-state index is 0.498. The van der Waals surface area contributed by atoms with E-state index in [4.69, 9.17) is 0 Å². The molecule has 110 valence electrons. The van der Waals surface area contributed by atoms with Crippen molar-refractivity contribution >= 4 is 23.5 Å². The molecule has 1 fully saturated rings. The quantitative estimate of drug-likeness (QED) is 0.851. The first kappa shape index (κ1) is 14.8. The van der Waals surface area contributed by atoms with Gasteiger partial charge < -0.3 is 5.32 Å². The highest BCUT2D eigenvalue weighted by atomic mass is 32.2. The number of fused-ring (bicyclic) bond motifs is 1. The van der Waals surface area contributed by atoms with Gasteiger partial charge in [-0.3, -0.25) is 0 Å². The Labute approximate surface area is 131 Å². The molecule has 1 aliphatic heterocycles. The van der Waals surface area contributed by atoms with Gasteiger partial charge in [-0.2, -0.15) is 11.8 Å². The van der Waals surface area contributed by atoms with Gasteiger partial charge in [0.1, 0.15) is 0 Å². The Morgan fingerprint density at radius 3 is 2.85 bits per heavy atom. The van der Waals surface area contributed by atoms with Crippen molar-refractivity contribution in [2.45, 2.75) is 54.2 Å². The van der Waals surface area contributed by atoms with Crippen LogP contribution >= 0.6 is 23.5 Å². The molecule has 20 heavy (non-hydrogen) atoms. The minimum atomic E-state index is 0.498. The summed E-state index contributed by atoms with van der Waals surface area (Å²) in [6.45, 7) is 1.18. The molecule has 0 spiro atoms. The molecular formula is C17H25NS2. The molecule has 1 saturated carbocycles. The van der Waals surface area contributed by atoms with Crippen LogP contribution in [0, 0.1) is 0 Å². The van der Waals surface area contributed by atoms with E-state index in [1.807, 2.05) is 11.8 Å². The van der Waals surface area contributed by atoms with Crippen molar-refractivity contribution in [2.75, 3.05) is 18.6 Å². The second-order valence-corrected chi connectivity index (χ2v) is 8.47. The van der Waals surface area contributed by atoms with Gasteiger partial charge in [0.05, 0.1) is 0 Å². The van der Waals surface area contributed by atoms with Crippen molar-refractivity contribution in [3.05, 3.63) is 29.8 Å². The number of nitrogens with one attached hydrogen (secondary N) is 1. The Morgan fingerprint density at radius 1 is 1.25 bits per heavy atom. The fraction of sp³-hybridized carbons (Fsp3) is 0.647. The van der Waals surface area contributed by atoms with Crippen molar-refractivity contribution < 1.29 is 0 Å². The Kier molecular flexibility index (Phi) is 5.00. The van der Waals surface area contributed by atoms with E-state index in [-0.39, 0.29) is 0 Å². The van der Waals surface area contributed by atoms with Crippen molar-refractivity contribution in [1.82, 2.24) is 5.32 Å². The van der Waals surface area contributed by atoms with Crippen LogP contribution in [0.5, 0.6) is 0 Å². The van der Waals surface area contributed by atoms with E-state index < -0.39 is 0 Å². The van der Waals surface area contributed by atoms with Crippen LogP contribution in [0.25, 0.3) is 0 Å². The van der Waals surface area contributed by atoms with Crippen LogP contribution < -0.4 is 5.32 Å². The van der Waals surface area contributed by atoms with Gasteiger partial charge in [0.15, 0.2) is 0 Å². The molecule has 0 saturated heterocycles. The van der Waals surface area contributed by atoms with E-state index in [1.54, 1.807) is 0 Å². The first-order valence-electron chi connectivity index (χ1n) is 7.83.